The number of benzene rings is 2. The lowest BCUT2D eigenvalue weighted by atomic mass is 9.78. The monoisotopic (exact) mass is 535 g/mol. The molecule has 5 rings (SSSR count). The van der Waals surface area contributed by atoms with Crippen LogP contribution in [0.25, 0.3) is 11.1 Å². The molecule has 1 aliphatic carbocycles. The molecule has 0 spiro atoms. The number of fused-ring (bicyclic) bond motifs is 1. The van der Waals surface area contributed by atoms with E-state index in [9.17, 15) is 25.1 Å². The second kappa shape index (κ2) is 9.57. The van der Waals surface area contributed by atoms with E-state index in [-0.39, 0.29) is 35.5 Å². The van der Waals surface area contributed by atoms with Gasteiger partial charge in [0, 0.05) is 22.7 Å². The molecule has 8 nitrogen and oxygen atoms in total. The summed E-state index contributed by atoms with van der Waals surface area (Å²) in [4.78, 5) is 38.0. The predicted octanol–water partition coefficient (Wildman–Crippen LogP) is 3.71. The van der Waals surface area contributed by atoms with Crippen LogP contribution >= 0.6 is 11.6 Å². The van der Waals surface area contributed by atoms with Gasteiger partial charge in [-0.15, -0.1) is 0 Å². The number of aromatic nitrogens is 1. The first-order valence-corrected chi connectivity index (χ1v) is 12.3. The standard InChI is InChI=1S/C28H23ClFN3O5/c1-16(34)25(35)28(13-19-3-2-4-20(14-31)32-19)24-22(30)10-9-21(17-5-7-18(29)8-6-17)23(24)26(36)33(28)38-15-27(37)11-12-27/h2-10,16,34,37H,11-13,15H2,1H3/t16?,28-/m1/s1. The van der Waals surface area contributed by atoms with Gasteiger partial charge in [0.05, 0.1) is 11.2 Å². The molecule has 0 radical (unpaired) electrons. The maximum Gasteiger partial charge on any atom is 0.279 e. The lowest BCUT2D eigenvalue weighted by Gasteiger charge is -2.37. The number of carbonyl (C=O) groups excluding carboxylic acids is 2. The number of carbonyl (C=O) groups is 2. The van der Waals surface area contributed by atoms with Gasteiger partial charge in [0.1, 0.15) is 30.3 Å². The molecule has 2 aliphatic rings. The third-order valence-corrected chi connectivity index (χ3v) is 7.16. The topological polar surface area (TPSA) is 124 Å². The number of rotatable bonds is 8. The van der Waals surface area contributed by atoms with E-state index in [0.717, 1.165) is 11.1 Å². The lowest BCUT2D eigenvalue weighted by Crippen LogP contribution is -2.55. The van der Waals surface area contributed by atoms with Crippen molar-refractivity contribution in [2.45, 2.75) is 43.4 Å². The zero-order valence-corrected chi connectivity index (χ0v) is 21.1. The molecule has 1 aromatic heterocycles. The lowest BCUT2D eigenvalue weighted by molar-refractivity contribution is -0.207. The molecule has 1 saturated carbocycles. The molecular weight excluding hydrogens is 513 g/mol. The van der Waals surface area contributed by atoms with Gasteiger partial charge in [0.2, 0.25) is 0 Å². The molecule has 2 aromatic carbocycles. The Kier molecular flexibility index (Phi) is 6.53. The fourth-order valence-electron chi connectivity index (χ4n) is 4.81. The number of Topliss-reactive ketones (excluding diaryl/α,β-unsaturated/α-hetero) is 1. The van der Waals surface area contributed by atoms with Crippen LogP contribution in [0.4, 0.5) is 4.39 Å². The summed E-state index contributed by atoms with van der Waals surface area (Å²) in [6, 6.07) is 15.6. The van der Waals surface area contributed by atoms with Gasteiger partial charge in [-0.2, -0.15) is 10.3 Å². The van der Waals surface area contributed by atoms with E-state index in [1.165, 1.54) is 25.1 Å². The highest BCUT2D eigenvalue weighted by Gasteiger charge is 2.60. The minimum absolute atomic E-state index is 0.0573. The molecular formula is C28H23ClFN3O5. The quantitative estimate of drug-likeness (QED) is 0.450. The summed E-state index contributed by atoms with van der Waals surface area (Å²) in [5, 5.41) is 31.5. The fraction of sp³-hybridized carbons (Fsp3) is 0.286. The SMILES string of the molecule is CC(O)C(=O)[C@@]1(Cc2cccc(C#N)n2)c2c(F)ccc(-c3ccc(Cl)cc3)c2C(=O)N1OCC1(O)CC1. The van der Waals surface area contributed by atoms with E-state index in [1.54, 1.807) is 30.3 Å². The van der Waals surface area contributed by atoms with Crippen LogP contribution in [0.5, 0.6) is 0 Å². The molecule has 2 N–H and O–H groups in total. The smallest absolute Gasteiger partial charge is 0.279 e. The first-order chi connectivity index (χ1) is 18.1. The first kappa shape index (κ1) is 25.9. The number of amides is 1. The number of aliphatic hydroxyl groups excluding tert-OH is 1. The average Bonchev–Trinajstić information content (AvgIpc) is 3.58. The van der Waals surface area contributed by atoms with Gasteiger partial charge in [0.15, 0.2) is 11.3 Å². The van der Waals surface area contributed by atoms with E-state index < -0.39 is 34.8 Å². The van der Waals surface area contributed by atoms with E-state index in [1.807, 2.05) is 6.07 Å². The Balaban J connectivity index is 1.77. The van der Waals surface area contributed by atoms with Crippen molar-refractivity contribution < 1.29 is 29.0 Å². The summed E-state index contributed by atoms with van der Waals surface area (Å²) in [7, 11) is 0. The van der Waals surface area contributed by atoms with Gasteiger partial charge in [-0.1, -0.05) is 35.9 Å². The van der Waals surface area contributed by atoms with Crippen molar-refractivity contribution in [3.63, 3.8) is 0 Å². The zero-order valence-electron chi connectivity index (χ0n) is 20.3. The van der Waals surface area contributed by atoms with Crippen LogP contribution in [0.15, 0.2) is 54.6 Å². The van der Waals surface area contributed by atoms with Crippen LogP contribution in [0, 0.1) is 17.1 Å². The number of nitrogens with zero attached hydrogens (tertiary/aromatic N) is 3. The zero-order chi connectivity index (χ0) is 27.2. The highest BCUT2D eigenvalue weighted by molar-refractivity contribution is 6.30. The van der Waals surface area contributed by atoms with Gasteiger partial charge >= 0.3 is 0 Å². The number of halogens is 2. The van der Waals surface area contributed by atoms with Gasteiger partial charge in [0.25, 0.3) is 5.91 Å². The Bertz CT molecular complexity index is 1480. The van der Waals surface area contributed by atoms with Crippen molar-refractivity contribution in [1.29, 1.82) is 5.26 Å². The largest absolute Gasteiger partial charge is 0.387 e. The molecule has 0 saturated heterocycles. The minimum atomic E-state index is -2.17. The highest BCUT2D eigenvalue weighted by Crippen LogP contribution is 2.48. The Morgan fingerprint density at radius 2 is 1.95 bits per heavy atom. The average molecular weight is 536 g/mol. The van der Waals surface area contributed by atoms with E-state index in [0.29, 0.717) is 29.0 Å². The van der Waals surface area contributed by atoms with Crippen LogP contribution in [0.3, 0.4) is 0 Å². The first-order valence-electron chi connectivity index (χ1n) is 12.0. The second-order valence-corrected chi connectivity index (χ2v) is 10.1. The van der Waals surface area contributed by atoms with Crippen molar-refractivity contribution in [1.82, 2.24) is 10.0 Å². The molecule has 2 atom stereocenters. The van der Waals surface area contributed by atoms with Crippen molar-refractivity contribution in [2.75, 3.05) is 6.61 Å². The van der Waals surface area contributed by atoms with Gasteiger partial charge in [-0.3, -0.25) is 14.4 Å². The maximum absolute atomic E-state index is 15.8. The molecule has 1 fully saturated rings. The third kappa shape index (κ3) is 4.36. The number of ketones is 1. The van der Waals surface area contributed by atoms with Crippen LogP contribution in [-0.2, 0) is 21.6 Å². The van der Waals surface area contributed by atoms with Gasteiger partial charge in [-0.25, -0.2) is 9.37 Å². The summed E-state index contributed by atoms with van der Waals surface area (Å²) < 4.78 is 15.8. The number of aliphatic hydroxyl groups is 2. The van der Waals surface area contributed by atoms with E-state index >= 15 is 4.39 Å². The molecule has 3 aromatic rings. The molecule has 0 bridgehead atoms. The third-order valence-electron chi connectivity index (χ3n) is 6.90. The number of hydrogen-bond donors (Lipinski definition) is 2. The highest BCUT2D eigenvalue weighted by atomic mass is 35.5. The number of pyridine rings is 1. The summed E-state index contributed by atoms with van der Waals surface area (Å²) in [5.74, 6) is -2.56. The summed E-state index contributed by atoms with van der Waals surface area (Å²) in [6.07, 6.45) is -1.13. The van der Waals surface area contributed by atoms with Gasteiger partial charge < -0.3 is 10.2 Å². The van der Waals surface area contributed by atoms with Crippen molar-refractivity contribution in [3.8, 4) is 17.2 Å². The summed E-state index contributed by atoms with van der Waals surface area (Å²) in [5.41, 5.74) is -2.58. The summed E-state index contributed by atoms with van der Waals surface area (Å²) in [6.45, 7) is 0.907. The molecule has 1 amide bonds. The normalized spacial score (nSPS) is 20.1. The van der Waals surface area contributed by atoms with Crippen molar-refractivity contribution in [3.05, 3.63) is 88.0 Å². The maximum atomic E-state index is 15.8. The Labute approximate surface area is 222 Å². The molecule has 194 valence electrons. The van der Waals surface area contributed by atoms with Gasteiger partial charge in [-0.05, 0) is 61.2 Å². The predicted molar refractivity (Wildman–Crippen MR) is 134 cm³/mol. The molecule has 1 aliphatic heterocycles. The van der Waals surface area contributed by atoms with Crippen molar-refractivity contribution in [2.24, 2.45) is 0 Å². The second-order valence-electron chi connectivity index (χ2n) is 9.65. The van der Waals surface area contributed by atoms with Crippen LogP contribution in [-0.4, -0.2) is 50.3 Å². The number of hydrogen-bond acceptors (Lipinski definition) is 7. The minimum Gasteiger partial charge on any atom is -0.387 e. The fourth-order valence-corrected chi connectivity index (χ4v) is 4.94. The van der Waals surface area contributed by atoms with Crippen LogP contribution < -0.4 is 0 Å². The Morgan fingerprint density at radius 1 is 1.24 bits per heavy atom. The van der Waals surface area contributed by atoms with E-state index in [2.05, 4.69) is 4.98 Å². The Hall–Kier alpha value is -3.68. The van der Waals surface area contributed by atoms with E-state index in [4.69, 9.17) is 16.4 Å². The molecule has 1 unspecified atom stereocenters. The number of hydroxylamine groups is 2. The number of nitriles is 1. The molecule has 38 heavy (non-hydrogen) atoms. The molecule has 10 heteroatoms. The Morgan fingerprint density at radius 3 is 2.58 bits per heavy atom. The van der Waals surface area contributed by atoms with Crippen LogP contribution in [0.1, 0.15) is 47.1 Å². The summed E-state index contributed by atoms with van der Waals surface area (Å²) >= 11 is 6.04. The molecule has 2 heterocycles. The van der Waals surface area contributed by atoms with Crippen LogP contribution in [0.2, 0.25) is 5.02 Å². The van der Waals surface area contributed by atoms with Crippen molar-refractivity contribution >= 4 is 23.3 Å².